The van der Waals surface area contributed by atoms with E-state index in [-0.39, 0.29) is 19.1 Å². The molecule has 6 nitrogen and oxygen atoms in total. The molecule has 1 aliphatic heterocycles. The third-order valence-corrected chi connectivity index (χ3v) is 5.48. The maximum absolute atomic E-state index is 12.4. The van der Waals surface area contributed by atoms with Crippen molar-refractivity contribution in [3.8, 4) is 11.1 Å². The smallest absolute Gasteiger partial charge is 0.408 e. The Morgan fingerprint density at radius 3 is 2.30 bits per heavy atom. The Labute approximate surface area is 157 Å². The number of piperidine rings is 1. The van der Waals surface area contributed by atoms with E-state index >= 15 is 0 Å². The summed E-state index contributed by atoms with van der Waals surface area (Å²) in [5.41, 5.74) is 3.25. The van der Waals surface area contributed by atoms with Gasteiger partial charge in [-0.05, 0) is 41.6 Å². The minimum atomic E-state index is -1.30. The summed E-state index contributed by atoms with van der Waals surface area (Å²) in [7, 11) is 0. The fraction of sp³-hybridized carbons (Fsp3) is 0.333. The Hall–Kier alpha value is -2.86. The van der Waals surface area contributed by atoms with Crippen LogP contribution >= 0.6 is 0 Å². The van der Waals surface area contributed by atoms with Gasteiger partial charge in [-0.1, -0.05) is 48.5 Å². The SMILES string of the molecule is O=C(NC1(C(=O)O)CCCNC1)OCC1c2ccccc2-c2ccccc21. The van der Waals surface area contributed by atoms with E-state index < -0.39 is 17.6 Å². The lowest BCUT2D eigenvalue weighted by Gasteiger charge is -2.34. The van der Waals surface area contributed by atoms with Gasteiger partial charge in [0.2, 0.25) is 0 Å². The van der Waals surface area contributed by atoms with Gasteiger partial charge in [-0.25, -0.2) is 9.59 Å². The van der Waals surface area contributed by atoms with Crippen LogP contribution in [0.1, 0.15) is 29.9 Å². The highest BCUT2D eigenvalue weighted by molar-refractivity contribution is 5.85. The molecule has 6 heteroatoms. The molecule has 0 spiro atoms. The quantitative estimate of drug-likeness (QED) is 0.774. The molecule has 2 aliphatic rings. The number of alkyl carbamates (subject to hydrolysis) is 1. The topological polar surface area (TPSA) is 87.7 Å². The van der Waals surface area contributed by atoms with Crippen molar-refractivity contribution >= 4 is 12.1 Å². The molecular formula is C21H22N2O4. The first-order chi connectivity index (χ1) is 13.1. The molecular weight excluding hydrogens is 344 g/mol. The summed E-state index contributed by atoms with van der Waals surface area (Å²) in [5.74, 6) is -1.09. The van der Waals surface area contributed by atoms with Gasteiger partial charge < -0.3 is 20.5 Å². The average Bonchev–Trinajstić information content (AvgIpc) is 3.01. The molecule has 0 radical (unpaired) electrons. The van der Waals surface area contributed by atoms with E-state index in [4.69, 9.17) is 4.74 Å². The molecule has 0 saturated carbocycles. The molecule has 0 bridgehead atoms. The van der Waals surface area contributed by atoms with Crippen LogP contribution in [0.2, 0.25) is 0 Å². The minimum Gasteiger partial charge on any atom is -0.479 e. The van der Waals surface area contributed by atoms with E-state index in [1.54, 1.807) is 0 Å². The van der Waals surface area contributed by atoms with E-state index in [0.717, 1.165) is 28.8 Å². The predicted octanol–water partition coefficient (Wildman–Crippen LogP) is 2.73. The lowest BCUT2D eigenvalue weighted by atomic mass is 9.90. The molecule has 0 aromatic heterocycles. The second kappa shape index (κ2) is 7.04. The Balaban J connectivity index is 1.49. The molecule has 1 aliphatic carbocycles. The zero-order valence-electron chi connectivity index (χ0n) is 14.9. The standard InChI is InChI=1S/C21H22N2O4/c24-19(25)21(10-5-11-22-13-21)23-20(26)27-12-18-16-8-3-1-6-14(16)15-7-2-4-9-17(15)18/h1-4,6-9,18,22H,5,10-13H2,(H,23,26)(H,24,25). The molecule has 1 amide bonds. The highest BCUT2D eigenvalue weighted by Gasteiger charge is 2.42. The molecule has 2 aromatic carbocycles. The lowest BCUT2D eigenvalue weighted by Crippen LogP contribution is -2.62. The van der Waals surface area contributed by atoms with Gasteiger partial charge in [0.1, 0.15) is 6.61 Å². The van der Waals surface area contributed by atoms with Gasteiger partial charge >= 0.3 is 12.1 Å². The number of fused-ring (bicyclic) bond motifs is 3. The predicted molar refractivity (Wildman–Crippen MR) is 101 cm³/mol. The molecule has 1 fully saturated rings. The van der Waals surface area contributed by atoms with Crippen molar-refractivity contribution in [2.24, 2.45) is 0 Å². The number of hydrogen-bond donors (Lipinski definition) is 3. The zero-order chi connectivity index (χ0) is 18.9. The van der Waals surface area contributed by atoms with Crippen molar-refractivity contribution in [3.05, 3.63) is 59.7 Å². The van der Waals surface area contributed by atoms with Gasteiger partial charge in [0.25, 0.3) is 0 Å². The fourth-order valence-corrected chi connectivity index (χ4v) is 4.08. The number of hydrogen-bond acceptors (Lipinski definition) is 4. The second-order valence-corrected chi connectivity index (χ2v) is 7.12. The minimum absolute atomic E-state index is 0.0478. The monoisotopic (exact) mass is 366 g/mol. The first kappa shape index (κ1) is 17.5. The Morgan fingerprint density at radius 2 is 1.74 bits per heavy atom. The number of nitrogens with one attached hydrogen (secondary N) is 2. The van der Waals surface area contributed by atoms with E-state index in [9.17, 15) is 14.7 Å². The summed E-state index contributed by atoms with van der Waals surface area (Å²) in [6, 6.07) is 16.2. The van der Waals surface area contributed by atoms with Gasteiger partial charge in [-0.3, -0.25) is 0 Å². The molecule has 1 saturated heterocycles. The van der Waals surface area contributed by atoms with Crippen LogP contribution in [0.4, 0.5) is 4.79 Å². The van der Waals surface area contributed by atoms with Crippen LogP contribution in [-0.4, -0.2) is 42.4 Å². The van der Waals surface area contributed by atoms with Crippen LogP contribution in [0.5, 0.6) is 0 Å². The van der Waals surface area contributed by atoms with Crippen molar-refractivity contribution in [1.29, 1.82) is 0 Å². The molecule has 27 heavy (non-hydrogen) atoms. The Bertz CT molecular complexity index is 828. The first-order valence-electron chi connectivity index (χ1n) is 9.18. The van der Waals surface area contributed by atoms with Crippen molar-refractivity contribution in [1.82, 2.24) is 10.6 Å². The van der Waals surface area contributed by atoms with Gasteiger partial charge in [0, 0.05) is 12.5 Å². The van der Waals surface area contributed by atoms with Crippen molar-refractivity contribution in [2.75, 3.05) is 19.7 Å². The van der Waals surface area contributed by atoms with Crippen LogP contribution in [0.15, 0.2) is 48.5 Å². The third kappa shape index (κ3) is 3.17. The van der Waals surface area contributed by atoms with Gasteiger partial charge in [-0.15, -0.1) is 0 Å². The van der Waals surface area contributed by atoms with Crippen LogP contribution < -0.4 is 10.6 Å². The largest absolute Gasteiger partial charge is 0.479 e. The summed E-state index contributed by atoms with van der Waals surface area (Å²) in [5, 5.41) is 15.2. The summed E-state index contributed by atoms with van der Waals surface area (Å²) in [6.07, 6.45) is 0.387. The van der Waals surface area contributed by atoms with Crippen LogP contribution in [0, 0.1) is 0 Å². The zero-order valence-corrected chi connectivity index (χ0v) is 14.9. The third-order valence-electron chi connectivity index (χ3n) is 5.48. The van der Waals surface area contributed by atoms with Crippen molar-refractivity contribution in [3.63, 3.8) is 0 Å². The number of carboxylic acids is 1. The summed E-state index contributed by atoms with van der Waals surface area (Å²) in [6.45, 7) is 1.12. The van der Waals surface area contributed by atoms with Gasteiger partial charge in [-0.2, -0.15) is 0 Å². The molecule has 1 atom stereocenters. The Morgan fingerprint density at radius 1 is 1.11 bits per heavy atom. The van der Waals surface area contributed by atoms with Crippen molar-refractivity contribution in [2.45, 2.75) is 24.3 Å². The molecule has 2 aromatic rings. The van der Waals surface area contributed by atoms with Gasteiger partial charge in [0.05, 0.1) is 0 Å². The number of benzene rings is 2. The summed E-state index contributed by atoms with van der Waals surface area (Å²) in [4.78, 5) is 24.1. The number of carbonyl (C=O) groups is 2. The molecule has 4 rings (SSSR count). The van der Waals surface area contributed by atoms with Crippen LogP contribution in [-0.2, 0) is 9.53 Å². The van der Waals surface area contributed by atoms with E-state index in [0.29, 0.717) is 12.8 Å². The normalized spacial score (nSPS) is 21.2. The maximum atomic E-state index is 12.4. The lowest BCUT2D eigenvalue weighted by molar-refractivity contribution is -0.145. The molecule has 1 heterocycles. The number of rotatable bonds is 4. The highest BCUT2D eigenvalue weighted by Crippen LogP contribution is 2.44. The number of ether oxygens (including phenoxy) is 1. The van der Waals surface area contributed by atoms with E-state index in [2.05, 4.69) is 22.8 Å². The van der Waals surface area contributed by atoms with Crippen molar-refractivity contribution < 1.29 is 19.4 Å². The van der Waals surface area contributed by atoms with E-state index in [1.807, 2.05) is 36.4 Å². The van der Waals surface area contributed by atoms with Crippen LogP contribution in [0.25, 0.3) is 11.1 Å². The van der Waals surface area contributed by atoms with Gasteiger partial charge in [0.15, 0.2) is 5.54 Å². The number of amides is 1. The number of carbonyl (C=O) groups excluding carboxylic acids is 1. The average molecular weight is 366 g/mol. The number of aliphatic carboxylic acids is 1. The highest BCUT2D eigenvalue weighted by atomic mass is 16.5. The van der Waals surface area contributed by atoms with E-state index in [1.165, 1.54) is 0 Å². The molecule has 140 valence electrons. The number of carboxylic acid groups (broad SMARTS) is 1. The molecule has 1 unspecified atom stereocenters. The fourth-order valence-electron chi connectivity index (χ4n) is 4.08. The molecule has 3 N–H and O–H groups in total. The first-order valence-corrected chi connectivity index (χ1v) is 9.18. The maximum Gasteiger partial charge on any atom is 0.408 e. The van der Waals surface area contributed by atoms with Crippen LogP contribution in [0.3, 0.4) is 0 Å². The summed E-state index contributed by atoms with van der Waals surface area (Å²) >= 11 is 0. The summed E-state index contributed by atoms with van der Waals surface area (Å²) < 4.78 is 5.48. The second-order valence-electron chi connectivity index (χ2n) is 7.12. The Kier molecular flexibility index (Phi) is 4.58.